The Morgan fingerprint density at radius 2 is 2.05 bits per heavy atom. The second-order valence-electron chi connectivity index (χ2n) is 6.07. The van der Waals surface area contributed by atoms with Gasteiger partial charge in [0.15, 0.2) is 0 Å². The fraction of sp³-hybridized carbons (Fsp3) is 0.588. The molecule has 2 rings (SSSR count). The minimum Gasteiger partial charge on any atom is -0.378 e. The average Bonchev–Trinajstić information content (AvgIpc) is 2.53. The van der Waals surface area contributed by atoms with Crippen molar-refractivity contribution in [2.24, 2.45) is 5.92 Å². The van der Waals surface area contributed by atoms with E-state index in [2.05, 4.69) is 5.32 Å². The molecule has 21 heavy (non-hydrogen) atoms. The van der Waals surface area contributed by atoms with Gasteiger partial charge in [0.05, 0.1) is 0 Å². The molecule has 116 valence electrons. The van der Waals surface area contributed by atoms with Gasteiger partial charge in [-0.05, 0) is 57.0 Å². The van der Waals surface area contributed by atoms with Crippen LogP contribution in [-0.2, 0) is 0 Å². The minimum atomic E-state index is 0.172. The lowest BCUT2D eigenvalue weighted by Gasteiger charge is -2.32. The van der Waals surface area contributed by atoms with Crippen LogP contribution < -0.4 is 10.2 Å². The highest BCUT2D eigenvalue weighted by Gasteiger charge is 2.23. The summed E-state index contributed by atoms with van der Waals surface area (Å²) in [5, 5.41) is 3.21. The van der Waals surface area contributed by atoms with Crippen LogP contribution in [0.1, 0.15) is 29.6 Å². The Balaban J connectivity index is 1.94. The summed E-state index contributed by atoms with van der Waals surface area (Å²) in [5.41, 5.74) is 1.87. The Kier molecular flexibility index (Phi) is 5.62. The Morgan fingerprint density at radius 1 is 1.33 bits per heavy atom. The number of nitrogens with zero attached hydrogens (tertiary/aromatic N) is 2. The van der Waals surface area contributed by atoms with Crippen molar-refractivity contribution in [1.82, 2.24) is 10.2 Å². The highest BCUT2D eigenvalue weighted by atomic mass is 16.2. The van der Waals surface area contributed by atoms with Gasteiger partial charge in [0.2, 0.25) is 0 Å². The quantitative estimate of drug-likeness (QED) is 0.903. The zero-order valence-corrected chi connectivity index (χ0v) is 13.4. The summed E-state index contributed by atoms with van der Waals surface area (Å²) in [4.78, 5) is 16.6. The van der Waals surface area contributed by atoms with Crippen LogP contribution in [-0.4, -0.2) is 51.6 Å². The van der Waals surface area contributed by atoms with Crippen LogP contribution in [0.15, 0.2) is 24.3 Å². The van der Waals surface area contributed by atoms with E-state index < -0.39 is 0 Å². The van der Waals surface area contributed by atoms with Gasteiger partial charge in [-0.15, -0.1) is 0 Å². The first kappa shape index (κ1) is 15.8. The van der Waals surface area contributed by atoms with Crippen molar-refractivity contribution < 1.29 is 4.79 Å². The molecule has 0 aromatic heterocycles. The second-order valence-corrected chi connectivity index (χ2v) is 6.07. The standard InChI is InChI=1S/C17H27N3O/c1-18-10-7-14-8-11-20(12-9-14)17(21)15-5-4-6-16(13-15)19(2)3/h4-6,13-14,18H,7-12H2,1-3H3. The van der Waals surface area contributed by atoms with Crippen LogP contribution in [0.25, 0.3) is 0 Å². The van der Waals surface area contributed by atoms with Crippen molar-refractivity contribution >= 4 is 11.6 Å². The number of benzene rings is 1. The lowest BCUT2D eigenvalue weighted by atomic mass is 9.93. The number of amides is 1. The Hall–Kier alpha value is -1.55. The van der Waals surface area contributed by atoms with Gasteiger partial charge in [0.25, 0.3) is 5.91 Å². The molecule has 0 bridgehead atoms. The largest absolute Gasteiger partial charge is 0.378 e. The van der Waals surface area contributed by atoms with Crippen LogP contribution >= 0.6 is 0 Å². The van der Waals surface area contributed by atoms with E-state index in [1.807, 2.05) is 55.2 Å². The summed E-state index contributed by atoms with van der Waals surface area (Å²) in [7, 11) is 5.99. The zero-order chi connectivity index (χ0) is 15.2. The van der Waals surface area contributed by atoms with Gasteiger partial charge in [0, 0.05) is 38.4 Å². The fourth-order valence-electron chi connectivity index (χ4n) is 2.87. The van der Waals surface area contributed by atoms with Gasteiger partial charge in [-0.3, -0.25) is 4.79 Å². The second kappa shape index (κ2) is 7.46. The summed E-state index contributed by atoms with van der Waals surface area (Å²) in [6, 6.07) is 7.89. The van der Waals surface area contributed by atoms with Crippen LogP contribution in [0, 0.1) is 5.92 Å². The number of likely N-dealkylation sites (tertiary alicyclic amines) is 1. The molecule has 1 N–H and O–H groups in total. The van der Waals surface area contributed by atoms with Gasteiger partial charge in [0.1, 0.15) is 0 Å². The summed E-state index contributed by atoms with van der Waals surface area (Å²) in [5.74, 6) is 0.931. The van der Waals surface area contributed by atoms with Crippen LogP contribution in [0.3, 0.4) is 0 Å². The number of rotatable bonds is 5. The first-order valence-corrected chi connectivity index (χ1v) is 7.83. The molecule has 1 amide bonds. The third kappa shape index (κ3) is 4.21. The maximum absolute atomic E-state index is 12.6. The number of anilines is 1. The smallest absolute Gasteiger partial charge is 0.253 e. The number of carbonyl (C=O) groups is 1. The molecule has 0 radical (unpaired) electrons. The molecule has 1 aliphatic heterocycles. The summed E-state index contributed by atoms with van der Waals surface area (Å²) in [6.07, 6.45) is 3.47. The topological polar surface area (TPSA) is 35.6 Å². The van der Waals surface area contributed by atoms with E-state index in [4.69, 9.17) is 0 Å². The van der Waals surface area contributed by atoms with E-state index in [0.717, 1.165) is 49.6 Å². The van der Waals surface area contributed by atoms with Crippen LogP contribution in [0.5, 0.6) is 0 Å². The van der Waals surface area contributed by atoms with Gasteiger partial charge in [-0.25, -0.2) is 0 Å². The van der Waals surface area contributed by atoms with E-state index in [0.29, 0.717) is 0 Å². The maximum Gasteiger partial charge on any atom is 0.253 e. The van der Waals surface area contributed by atoms with Crippen molar-refractivity contribution in [3.8, 4) is 0 Å². The number of carbonyl (C=O) groups excluding carboxylic acids is 1. The van der Waals surface area contributed by atoms with Gasteiger partial charge >= 0.3 is 0 Å². The zero-order valence-electron chi connectivity index (χ0n) is 13.4. The van der Waals surface area contributed by atoms with Crippen LogP contribution in [0.4, 0.5) is 5.69 Å². The van der Waals surface area contributed by atoms with Crippen molar-refractivity contribution in [2.45, 2.75) is 19.3 Å². The highest BCUT2D eigenvalue weighted by Crippen LogP contribution is 2.22. The lowest BCUT2D eigenvalue weighted by Crippen LogP contribution is -2.39. The van der Waals surface area contributed by atoms with E-state index in [9.17, 15) is 4.79 Å². The fourth-order valence-corrected chi connectivity index (χ4v) is 2.87. The summed E-state index contributed by atoms with van der Waals surface area (Å²) >= 11 is 0. The number of piperidine rings is 1. The number of hydrogen-bond donors (Lipinski definition) is 1. The lowest BCUT2D eigenvalue weighted by molar-refractivity contribution is 0.0687. The molecule has 1 heterocycles. The third-order valence-electron chi connectivity index (χ3n) is 4.31. The van der Waals surface area contributed by atoms with E-state index in [-0.39, 0.29) is 5.91 Å². The normalized spacial score (nSPS) is 16.0. The monoisotopic (exact) mass is 289 g/mol. The molecule has 0 aliphatic carbocycles. The molecular formula is C17H27N3O. The first-order chi connectivity index (χ1) is 10.1. The predicted octanol–water partition coefficient (Wildman–Crippen LogP) is 2.21. The molecule has 1 aromatic carbocycles. The van der Waals surface area contributed by atoms with Crippen molar-refractivity contribution in [2.75, 3.05) is 45.7 Å². The molecule has 0 spiro atoms. The Labute approximate surface area is 128 Å². The summed E-state index contributed by atoms with van der Waals surface area (Å²) < 4.78 is 0. The average molecular weight is 289 g/mol. The van der Waals surface area contributed by atoms with E-state index in [1.165, 1.54) is 6.42 Å². The molecule has 0 unspecified atom stereocenters. The first-order valence-electron chi connectivity index (χ1n) is 7.83. The van der Waals surface area contributed by atoms with E-state index in [1.54, 1.807) is 0 Å². The van der Waals surface area contributed by atoms with Gasteiger partial charge < -0.3 is 15.1 Å². The third-order valence-corrected chi connectivity index (χ3v) is 4.31. The molecule has 4 nitrogen and oxygen atoms in total. The number of hydrogen-bond acceptors (Lipinski definition) is 3. The molecule has 1 aromatic rings. The molecule has 0 saturated carbocycles. The Bertz CT molecular complexity index is 465. The molecule has 4 heteroatoms. The van der Waals surface area contributed by atoms with Crippen molar-refractivity contribution in [1.29, 1.82) is 0 Å². The number of nitrogens with one attached hydrogen (secondary N) is 1. The van der Waals surface area contributed by atoms with Crippen molar-refractivity contribution in [3.05, 3.63) is 29.8 Å². The SMILES string of the molecule is CNCCC1CCN(C(=O)c2cccc(N(C)C)c2)CC1. The van der Waals surface area contributed by atoms with Crippen molar-refractivity contribution in [3.63, 3.8) is 0 Å². The molecular weight excluding hydrogens is 262 g/mol. The molecule has 1 aliphatic rings. The minimum absolute atomic E-state index is 0.172. The predicted molar refractivity (Wildman–Crippen MR) is 87.9 cm³/mol. The maximum atomic E-state index is 12.6. The van der Waals surface area contributed by atoms with Gasteiger partial charge in [-0.1, -0.05) is 6.07 Å². The van der Waals surface area contributed by atoms with Gasteiger partial charge in [-0.2, -0.15) is 0 Å². The van der Waals surface area contributed by atoms with Crippen LogP contribution in [0.2, 0.25) is 0 Å². The Morgan fingerprint density at radius 3 is 2.67 bits per heavy atom. The van der Waals surface area contributed by atoms with E-state index >= 15 is 0 Å². The highest BCUT2D eigenvalue weighted by molar-refractivity contribution is 5.95. The summed E-state index contributed by atoms with van der Waals surface area (Å²) in [6.45, 7) is 2.85. The molecule has 0 atom stereocenters. The molecule has 1 fully saturated rings. The molecule has 1 saturated heterocycles.